The molecule has 0 aliphatic carbocycles. The Bertz CT molecular complexity index is 606. The van der Waals surface area contributed by atoms with Crippen LogP contribution in [0.25, 0.3) is 0 Å². The number of halogens is 1. The zero-order chi connectivity index (χ0) is 14.8. The summed E-state index contributed by atoms with van der Waals surface area (Å²) in [6, 6.07) is 7.11. The summed E-state index contributed by atoms with van der Waals surface area (Å²) < 4.78 is 27.0. The number of hydrazine groups is 1. The summed E-state index contributed by atoms with van der Waals surface area (Å²) in [5, 5.41) is 0.527. The standard InChI is InChI=1S/C12H16ClN3O3S/c1-10(17)14-16-8-4-7-15(20(16,18)19)9-11-5-2-3-6-12(11)13/h2-3,5-6H,4,7-9H2,1H3,(H,14,17). The minimum Gasteiger partial charge on any atom is -0.275 e. The maximum atomic E-state index is 12.4. The maximum absolute atomic E-state index is 12.4. The molecule has 1 heterocycles. The topological polar surface area (TPSA) is 69.7 Å². The quantitative estimate of drug-likeness (QED) is 0.909. The number of hydrogen-bond acceptors (Lipinski definition) is 3. The summed E-state index contributed by atoms with van der Waals surface area (Å²) in [6.45, 7) is 2.16. The smallest absolute Gasteiger partial charge is 0.275 e. The van der Waals surface area contributed by atoms with Crippen LogP contribution in [0.5, 0.6) is 0 Å². The monoisotopic (exact) mass is 317 g/mol. The Morgan fingerprint density at radius 2 is 2.05 bits per heavy atom. The van der Waals surface area contributed by atoms with E-state index >= 15 is 0 Å². The third kappa shape index (κ3) is 3.29. The summed E-state index contributed by atoms with van der Waals surface area (Å²) in [7, 11) is -3.70. The van der Waals surface area contributed by atoms with Crippen LogP contribution in [0, 0.1) is 0 Å². The summed E-state index contributed by atoms with van der Waals surface area (Å²) >= 11 is 6.05. The highest BCUT2D eigenvalue weighted by Crippen LogP contribution is 2.22. The molecule has 2 rings (SSSR count). The van der Waals surface area contributed by atoms with E-state index in [-0.39, 0.29) is 13.1 Å². The second-order valence-electron chi connectivity index (χ2n) is 4.53. The van der Waals surface area contributed by atoms with Crippen LogP contribution in [0.3, 0.4) is 0 Å². The van der Waals surface area contributed by atoms with Crippen molar-refractivity contribution >= 4 is 27.7 Å². The minimum absolute atomic E-state index is 0.193. The number of carbonyl (C=O) groups excluding carboxylic acids is 1. The van der Waals surface area contributed by atoms with Gasteiger partial charge in [-0.2, -0.15) is 12.7 Å². The van der Waals surface area contributed by atoms with E-state index < -0.39 is 16.1 Å². The molecule has 0 atom stereocenters. The molecule has 20 heavy (non-hydrogen) atoms. The highest BCUT2D eigenvalue weighted by molar-refractivity contribution is 7.86. The lowest BCUT2D eigenvalue weighted by molar-refractivity contribution is -0.122. The van der Waals surface area contributed by atoms with E-state index in [1.807, 2.05) is 6.07 Å². The largest absolute Gasteiger partial charge is 0.299 e. The normalized spacial score (nSPS) is 19.7. The van der Waals surface area contributed by atoms with Gasteiger partial charge in [0, 0.05) is 31.6 Å². The lowest BCUT2D eigenvalue weighted by Gasteiger charge is -2.34. The lowest BCUT2D eigenvalue weighted by Crippen LogP contribution is -2.55. The van der Waals surface area contributed by atoms with Crippen molar-refractivity contribution in [3.05, 3.63) is 34.9 Å². The van der Waals surface area contributed by atoms with Crippen LogP contribution >= 0.6 is 11.6 Å². The summed E-state index contributed by atoms with van der Waals surface area (Å²) in [6.07, 6.45) is 0.643. The fraction of sp³-hybridized carbons (Fsp3) is 0.417. The molecule has 0 unspecified atom stereocenters. The molecule has 1 aromatic rings. The van der Waals surface area contributed by atoms with Gasteiger partial charge in [0.25, 0.3) is 10.2 Å². The molecule has 1 N–H and O–H groups in total. The average Bonchev–Trinajstić information content (AvgIpc) is 2.36. The molecule has 0 aromatic heterocycles. The molecule has 6 nitrogen and oxygen atoms in total. The molecular formula is C12H16ClN3O3S. The molecule has 0 spiro atoms. The Labute approximate surface area is 123 Å². The predicted octanol–water partition coefficient (Wildman–Crippen LogP) is 1.14. The first kappa shape index (κ1) is 15.2. The van der Waals surface area contributed by atoms with E-state index in [1.165, 1.54) is 11.2 Å². The SMILES string of the molecule is CC(=O)NN1CCCN(Cc2ccccc2Cl)S1(=O)=O. The van der Waals surface area contributed by atoms with Gasteiger partial charge >= 0.3 is 0 Å². The van der Waals surface area contributed by atoms with Crippen molar-refractivity contribution in [2.24, 2.45) is 0 Å². The van der Waals surface area contributed by atoms with Gasteiger partial charge in [0.1, 0.15) is 0 Å². The number of rotatable bonds is 3. The first-order valence-electron chi connectivity index (χ1n) is 6.19. The number of carbonyl (C=O) groups is 1. The summed E-state index contributed by atoms with van der Waals surface area (Å²) in [5.41, 5.74) is 3.07. The van der Waals surface area contributed by atoms with Gasteiger partial charge in [0.2, 0.25) is 5.91 Å². The number of hydrogen-bond donors (Lipinski definition) is 1. The third-order valence-corrected chi connectivity index (χ3v) is 5.12. The van der Waals surface area contributed by atoms with Gasteiger partial charge in [-0.3, -0.25) is 10.2 Å². The van der Waals surface area contributed by atoms with Crippen LogP contribution in [0.1, 0.15) is 18.9 Å². The molecule has 1 aliphatic rings. The van der Waals surface area contributed by atoms with Crippen molar-refractivity contribution in [3.63, 3.8) is 0 Å². The Hall–Kier alpha value is -1.15. The van der Waals surface area contributed by atoms with Gasteiger partial charge in [-0.25, -0.2) is 0 Å². The Kier molecular flexibility index (Phi) is 4.64. The molecule has 110 valence electrons. The van der Waals surface area contributed by atoms with E-state index in [4.69, 9.17) is 11.6 Å². The molecule has 0 radical (unpaired) electrons. The van der Waals surface area contributed by atoms with Gasteiger partial charge in [0.15, 0.2) is 0 Å². The van der Waals surface area contributed by atoms with E-state index in [0.717, 1.165) is 9.98 Å². The summed E-state index contributed by atoms with van der Waals surface area (Å²) in [5.74, 6) is -0.409. The van der Waals surface area contributed by atoms with E-state index in [0.29, 0.717) is 18.0 Å². The van der Waals surface area contributed by atoms with Crippen molar-refractivity contribution in [2.75, 3.05) is 13.1 Å². The van der Waals surface area contributed by atoms with Crippen LogP contribution in [-0.2, 0) is 21.5 Å². The van der Waals surface area contributed by atoms with Crippen LogP contribution in [0.4, 0.5) is 0 Å². The Morgan fingerprint density at radius 1 is 1.35 bits per heavy atom. The second-order valence-corrected chi connectivity index (χ2v) is 6.79. The van der Waals surface area contributed by atoms with Crippen molar-refractivity contribution in [1.29, 1.82) is 0 Å². The van der Waals surface area contributed by atoms with Crippen LogP contribution in [0.15, 0.2) is 24.3 Å². The maximum Gasteiger partial charge on any atom is 0.299 e. The van der Waals surface area contributed by atoms with E-state index in [2.05, 4.69) is 5.43 Å². The summed E-state index contributed by atoms with van der Waals surface area (Å²) in [4.78, 5) is 11.1. The number of amides is 1. The fourth-order valence-electron chi connectivity index (χ4n) is 2.03. The molecule has 1 amide bonds. The lowest BCUT2D eigenvalue weighted by atomic mass is 10.2. The zero-order valence-electron chi connectivity index (χ0n) is 11.0. The molecule has 0 saturated carbocycles. The van der Waals surface area contributed by atoms with Crippen LogP contribution in [-0.4, -0.2) is 36.1 Å². The van der Waals surface area contributed by atoms with Crippen molar-refractivity contribution in [1.82, 2.24) is 14.1 Å². The molecule has 1 fully saturated rings. The molecule has 1 aromatic carbocycles. The Balaban J connectivity index is 2.19. The average molecular weight is 318 g/mol. The first-order chi connectivity index (χ1) is 9.41. The van der Waals surface area contributed by atoms with Gasteiger partial charge in [-0.05, 0) is 18.1 Å². The highest BCUT2D eigenvalue weighted by Gasteiger charge is 2.34. The third-order valence-electron chi connectivity index (χ3n) is 2.96. The second kappa shape index (κ2) is 6.09. The molecule has 1 saturated heterocycles. The highest BCUT2D eigenvalue weighted by atomic mass is 35.5. The fourth-order valence-corrected chi connectivity index (χ4v) is 3.77. The number of nitrogens with zero attached hydrogens (tertiary/aromatic N) is 2. The zero-order valence-corrected chi connectivity index (χ0v) is 12.6. The first-order valence-corrected chi connectivity index (χ1v) is 7.97. The van der Waals surface area contributed by atoms with Crippen molar-refractivity contribution in [3.8, 4) is 0 Å². The van der Waals surface area contributed by atoms with Crippen molar-refractivity contribution in [2.45, 2.75) is 19.9 Å². The van der Waals surface area contributed by atoms with Gasteiger partial charge in [-0.15, -0.1) is 4.41 Å². The van der Waals surface area contributed by atoms with E-state index in [9.17, 15) is 13.2 Å². The molecule has 0 bridgehead atoms. The van der Waals surface area contributed by atoms with Gasteiger partial charge in [-0.1, -0.05) is 29.8 Å². The van der Waals surface area contributed by atoms with E-state index in [1.54, 1.807) is 18.2 Å². The minimum atomic E-state index is -3.70. The predicted molar refractivity (Wildman–Crippen MR) is 75.9 cm³/mol. The van der Waals surface area contributed by atoms with Crippen LogP contribution < -0.4 is 5.43 Å². The van der Waals surface area contributed by atoms with Gasteiger partial charge < -0.3 is 0 Å². The molecule has 8 heteroatoms. The molecule has 1 aliphatic heterocycles. The van der Waals surface area contributed by atoms with Gasteiger partial charge in [0.05, 0.1) is 0 Å². The number of benzene rings is 1. The van der Waals surface area contributed by atoms with Crippen LogP contribution in [0.2, 0.25) is 5.02 Å². The number of nitrogens with one attached hydrogen (secondary N) is 1. The Morgan fingerprint density at radius 3 is 2.70 bits per heavy atom. The molecular weight excluding hydrogens is 302 g/mol. The van der Waals surface area contributed by atoms with Crippen molar-refractivity contribution < 1.29 is 13.2 Å².